The number of piperidine rings is 1. The van der Waals surface area contributed by atoms with Crippen LogP contribution >= 0.6 is 0 Å². The summed E-state index contributed by atoms with van der Waals surface area (Å²) in [5.74, 6) is 0.516. The predicted molar refractivity (Wildman–Crippen MR) is 92.5 cm³/mol. The molecule has 7 heteroatoms. The van der Waals surface area contributed by atoms with Gasteiger partial charge in [0.25, 0.3) is 0 Å². The Balaban J connectivity index is 1.58. The van der Waals surface area contributed by atoms with Gasteiger partial charge in [0.1, 0.15) is 5.82 Å². The molecule has 3 rings (SSSR count). The topological polar surface area (TPSA) is 71.3 Å². The van der Waals surface area contributed by atoms with Crippen molar-refractivity contribution < 1.29 is 13.6 Å². The molecule has 0 aliphatic carbocycles. The first-order valence-electron chi connectivity index (χ1n) is 8.48. The number of halogens is 1. The van der Waals surface area contributed by atoms with Gasteiger partial charge in [-0.25, -0.2) is 9.18 Å². The number of anilines is 1. The Kier molecular flexibility index (Phi) is 4.74. The number of amides is 2. The van der Waals surface area contributed by atoms with Crippen molar-refractivity contribution in [1.29, 1.82) is 0 Å². The molecule has 1 aliphatic rings. The van der Waals surface area contributed by atoms with Gasteiger partial charge in [-0.3, -0.25) is 5.32 Å². The van der Waals surface area contributed by atoms with Gasteiger partial charge in [0.2, 0.25) is 5.89 Å². The van der Waals surface area contributed by atoms with E-state index in [1.165, 1.54) is 12.1 Å². The van der Waals surface area contributed by atoms with Gasteiger partial charge in [0, 0.05) is 18.7 Å². The summed E-state index contributed by atoms with van der Waals surface area (Å²) in [6.45, 7) is 8.15. The Bertz CT molecular complexity index is 728. The number of nitrogens with zero attached hydrogens (tertiary/aromatic N) is 3. The molecular formula is C18H23FN4O2. The van der Waals surface area contributed by atoms with Crippen LogP contribution in [-0.2, 0) is 0 Å². The quantitative estimate of drug-likeness (QED) is 0.886. The van der Waals surface area contributed by atoms with E-state index in [-0.39, 0.29) is 29.2 Å². The number of likely N-dealkylation sites (tertiary alicyclic amines) is 1. The smallest absolute Gasteiger partial charge is 0.325 e. The molecule has 25 heavy (non-hydrogen) atoms. The van der Waals surface area contributed by atoms with Gasteiger partial charge in [-0.2, -0.15) is 0 Å². The van der Waals surface area contributed by atoms with Crippen molar-refractivity contribution in [2.24, 2.45) is 11.3 Å². The summed E-state index contributed by atoms with van der Waals surface area (Å²) in [7, 11) is 0. The lowest BCUT2D eigenvalue weighted by Crippen LogP contribution is -2.43. The van der Waals surface area contributed by atoms with Crippen molar-refractivity contribution in [3.05, 3.63) is 30.1 Å². The van der Waals surface area contributed by atoms with Crippen LogP contribution in [0.4, 0.5) is 15.2 Å². The Morgan fingerprint density at radius 1 is 1.20 bits per heavy atom. The minimum absolute atomic E-state index is 0.0438. The molecule has 6 nitrogen and oxygen atoms in total. The highest BCUT2D eigenvalue weighted by molar-refractivity contribution is 5.87. The summed E-state index contributed by atoms with van der Waals surface area (Å²) >= 11 is 0. The highest BCUT2D eigenvalue weighted by Crippen LogP contribution is 2.34. The highest BCUT2D eigenvalue weighted by Gasteiger charge is 2.30. The number of carbonyl (C=O) groups is 1. The van der Waals surface area contributed by atoms with Crippen LogP contribution < -0.4 is 5.32 Å². The lowest BCUT2D eigenvalue weighted by Gasteiger charge is -2.38. The molecule has 0 spiro atoms. The Hall–Kier alpha value is -2.44. The molecule has 2 heterocycles. The van der Waals surface area contributed by atoms with E-state index < -0.39 is 0 Å². The molecule has 1 fully saturated rings. The lowest BCUT2D eigenvalue weighted by atomic mass is 9.75. The number of rotatable bonds is 2. The SMILES string of the molecule is CC(C)(C)C1CCN(C(=O)Nc2nnc(-c3ccc(F)cc3)o2)CC1. The van der Waals surface area contributed by atoms with Crippen molar-refractivity contribution in [2.75, 3.05) is 18.4 Å². The maximum Gasteiger partial charge on any atom is 0.325 e. The van der Waals surface area contributed by atoms with Crippen molar-refractivity contribution in [3.8, 4) is 11.5 Å². The minimum Gasteiger partial charge on any atom is -0.403 e. The molecule has 0 saturated carbocycles. The summed E-state index contributed by atoms with van der Waals surface area (Å²) in [6.07, 6.45) is 1.98. The zero-order valence-electron chi connectivity index (χ0n) is 14.8. The molecule has 2 amide bonds. The fraction of sp³-hybridized carbons (Fsp3) is 0.500. The molecule has 1 N–H and O–H groups in total. The first kappa shape index (κ1) is 17.4. The van der Waals surface area contributed by atoms with Crippen LogP contribution in [0.15, 0.2) is 28.7 Å². The number of carbonyl (C=O) groups excluding carboxylic acids is 1. The Morgan fingerprint density at radius 3 is 2.44 bits per heavy atom. The second kappa shape index (κ2) is 6.82. The number of aromatic nitrogens is 2. The predicted octanol–water partition coefficient (Wildman–Crippen LogP) is 4.17. The zero-order valence-corrected chi connectivity index (χ0v) is 14.8. The average Bonchev–Trinajstić information content (AvgIpc) is 3.03. The standard InChI is InChI=1S/C18H23FN4O2/c1-18(2,3)13-8-10-23(11-9-13)17(24)20-16-22-21-15(25-16)12-4-6-14(19)7-5-12/h4-7,13H,8-11H2,1-3H3,(H,20,22,24). The first-order valence-corrected chi connectivity index (χ1v) is 8.48. The van der Waals surface area contributed by atoms with E-state index in [2.05, 4.69) is 36.3 Å². The van der Waals surface area contributed by atoms with E-state index in [9.17, 15) is 9.18 Å². The molecule has 0 bridgehead atoms. The van der Waals surface area contributed by atoms with Gasteiger partial charge in [-0.15, -0.1) is 5.10 Å². The van der Waals surface area contributed by atoms with Crippen LogP contribution in [0.2, 0.25) is 0 Å². The monoisotopic (exact) mass is 346 g/mol. The van der Waals surface area contributed by atoms with Gasteiger partial charge in [-0.05, 0) is 48.4 Å². The van der Waals surface area contributed by atoms with E-state index in [1.54, 1.807) is 17.0 Å². The maximum atomic E-state index is 13.0. The minimum atomic E-state index is -0.338. The second-order valence-corrected chi connectivity index (χ2v) is 7.48. The van der Waals surface area contributed by atoms with Crippen LogP contribution in [0.3, 0.4) is 0 Å². The third-order valence-corrected chi connectivity index (χ3v) is 4.74. The molecule has 0 atom stereocenters. The third-order valence-electron chi connectivity index (χ3n) is 4.74. The van der Waals surface area contributed by atoms with E-state index in [0.29, 0.717) is 24.6 Å². The molecule has 2 aromatic rings. The number of hydrogen-bond acceptors (Lipinski definition) is 4. The van der Waals surface area contributed by atoms with Crippen LogP contribution in [0.5, 0.6) is 0 Å². The largest absolute Gasteiger partial charge is 0.403 e. The normalized spacial score (nSPS) is 16.1. The summed E-state index contributed by atoms with van der Waals surface area (Å²) in [5.41, 5.74) is 0.861. The number of hydrogen-bond donors (Lipinski definition) is 1. The summed E-state index contributed by atoms with van der Waals surface area (Å²) < 4.78 is 18.4. The van der Waals surface area contributed by atoms with E-state index in [1.807, 2.05) is 0 Å². The van der Waals surface area contributed by atoms with Crippen LogP contribution in [-0.4, -0.2) is 34.2 Å². The molecule has 1 aromatic heterocycles. The van der Waals surface area contributed by atoms with E-state index in [0.717, 1.165) is 12.8 Å². The molecule has 1 aromatic carbocycles. The molecule has 0 radical (unpaired) electrons. The Labute approximate surface area is 146 Å². The van der Waals surface area contributed by atoms with Crippen molar-refractivity contribution in [2.45, 2.75) is 33.6 Å². The average molecular weight is 346 g/mol. The Morgan fingerprint density at radius 2 is 1.84 bits per heavy atom. The van der Waals surface area contributed by atoms with Gasteiger partial charge in [0.05, 0.1) is 0 Å². The second-order valence-electron chi connectivity index (χ2n) is 7.48. The van der Waals surface area contributed by atoms with Crippen LogP contribution in [0, 0.1) is 17.2 Å². The van der Waals surface area contributed by atoms with E-state index in [4.69, 9.17) is 4.42 Å². The van der Waals surface area contributed by atoms with Gasteiger partial charge >= 0.3 is 12.0 Å². The fourth-order valence-electron chi connectivity index (χ4n) is 3.10. The summed E-state index contributed by atoms with van der Waals surface area (Å²) in [4.78, 5) is 14.1. The fourth-order valence-corrected chi connectivity index (χ4v) is 3.10. The zero-order chi connectivity index (χ0) is 18.0. The third kappa shape index (κ3) is 4.15. The molecular weight excluding hydrogens is 323 g/mol. The number of nitrogens with one attached hydrogen (secondary N) is 1. The van der Waals surface area contributed by atoms with Gasteiger partial charge in [-0.1, -0.05) is 25.9 Å². The number of benzene rings is 1. The molecule has 0 unspecified atom stereocenters. The number of urea groups is 1. The van der Waals surface area contributed by atoms with Gasteiger partial charge in [0.15, 0.2) is 0 Å². The van der Waals surface area contributed by atoms with Crippen LogP contribution in [0.25, 0.3) is 11.5 Å². The van der Waals surface area contributed by atoms with Crippen LogP contribution in [0.1, 0.15) is 33.6 Å². The van der Waals surface area contributed by atoms with E-state index >= 15 is 0 Å². The summed E-state index contributed by atoms with van der Waals surface area (Å²) in [6, 6.07) is 5.54. The van der Waals surface area contributed by atoms with Crippen molar-refractivity contribution in [3.63, 3.8) is 0 Å². The molecule has 1 aliphatic heterocycles. The first-order chi connectivity index (χ1) is 11.8. The van der Waals surface area contributed by atoms with Gasteiger partial charge < -0.3 is 9.32 Å². The molecule has 134 valence electrons. The summed E-state index contributed by atoms with van der Waals surface area (Å²) in [5, 5.41) is 10.4. The van der Waals surface area contributed by atoms with Crippen molar-refractivity contribution >= 4 is 12.0 Å². The molecule has 1 saturated heterocycles. The maximum absolute atomic E-state index is 13.0. The van der Waals surface area contributed by atoms with Crippen molar-refractivity contribution in [1.82, 2.24) is 15.1 Å². The lowest BCUT2D eigenvalue weighted by molar-refractivity contribution is 0.127. The highest BCUT2D eigenvalue weighted by atomic mass is 19.1.